The van der Waals surface area contributed by atoms with Crippen LogP contribution in [0.5, 0.6) is 0 Å². The summed E-state index contributed by atoms with van der Waals surface area (Å²) < 4.78 is 5.22. The predicted octanol–water partition coefficient (Wildman–Crippen LogP) is 2.33. The van der Waals surface area contributed by atoms with Gasteiger partial charge in [0.2, 0.25) is 0 Å². The van der Waals surface area contributed by atoms with Gasteiger partial charge in [0.1, 0.15) is 0 Å². The highest BCUT2D eigenvalue weighted by atomic mass is 79.9. The first kappa shape index (κ1) is 12.1. The minimum absolute atomic E-state index is 0.431. The fourth-order valence-corrected chi connectivity index (χ4v) is 0.763. The Kier molecular flexibility index (Phi) is 7.20. The zero-order valence-electron chi connectivity index (χ0n) is 7.66. The Morgan fingerprint density at radius 3 is 2.62 bits per heavy atom. The minimum atomic E-state index is 0.431. The van der Waals surface area contributed by atoms with Crippen LogP contribution in [-0.2, 0) is 9.53 Å². The molecule has 1 aromatic rings. The van der Waals surface area contributed by atoms with Gasteiger partial charge < -0.3 is 4.74 Å². The Bertz CT molecular complexity index is 232. The van der Waals surface area contributed by atoms with Gasteiger partial charge in [0.15, 0.2) is 0 Å². The van der Waals surface area contributed by atoms with Crippen molar-refractivity contribution in [3.63, 3.8) is 0 Å². The van der Waals surface area contributed by atoms with E-state index in [1.807, 2.05) is 13.0 Å². The second kappa shape index (κ2) is 7.73. The van der Waals surface area contributed by atoms with Crippen LogP contribution >= 0.6 is 15.9 Å². The van der Waals surface area contributed by atoms with Crippen molar-refractivity contribution in [2.45, 2.75) is 13.8 Å². The van der Waals surface area contributed by atoms with E-state index in [0.29, 0.717) is 13.1 Å². The Balaban J connectivity index is 0.000000252. The maximum atomic E-state index is 9.18. The van der Waals surface area contributed by atoms with E-state index >= 15 is 0 Å². The molecule has 4 heteroatoms. The fraction of sp³-hybridized carbons (Fsp3) is 0.333. The lowest BCUT2D eigenvalue weighted by Gasteiger charge is -1.90. The predicted molar refractivity (Wildman–Crippen MR) is 54.4 cm³/mol. The molecule has 0 N–H and O–H groups in total. The van der Waals surface area contributed by atoms with Crippen LogP contribution < -0.4 is 0 Å². The number of hydrogen-bond donors (Lipinski definition) is 0. The van der Waals surface area contributed by atoms with Crippen LogP contribution in [0.2, 0.25) is 0 Å². The summed E-state index contributed by atoms with van der Waals surface area (Å²) in [6.07, 6.45) is 3.56. The molecule has 72 valence electrons. The first-order valence-corrected chi connectivity index (χ1v) is 4.63. The zero-order valence-corrected chi connectivity index (χ0v) is 9.24. The fourth-order valence-electron chi connectivity index (χ4n) is 0.513. The lowest BCUT2D eigenvalue weighted by atomic mass is 10.3. The number of pyridine rings is 1. The summed E-state index contributed by atoms with van der Waals surface area (Å²) in [7, 11) is 0. The molecule has 0 aliphatic carbocycles. The van der Waals surface area contributed by atoms with E-state index in [-0.39, 0.29) is 0 Å². The van der Waals surface area contributed by atoms with E-state index in [2.05, 4.69) is 25.7 Å². The third-order valence-electron chi connectivity index (χ3n) is 1.21. The molecule has 0 amide bonds. The van der Waals surface area contributed by atoms with Crippen molar-refractivity contribution in [1.82, 2.24) is 4.98 Å². The average Bonchev–Trinajstić information content (AvgIpc) is 2.13. The molecule has 3 nitrogen and oxygen atoms in total. The van der Waals surface area contributed by atoms with Gasteiger partial charge in [-0.25, -0.2) is 0 Å². The molecule has 1 heterocycles. The number of aromatic nitrogens is 1. The lowest BCUT2D eigenvalue weighted by Crippen LogP contribution is -1.80. The van der Waals surface area contributed by atoms with Crippen molar-refractivity contribution >= 4 is 22.4 Å². The second-order valence-corrected chi connectivity index (χ2v) is 3.03. The molecule has 1 aromatic heterocycles. The van der Waals surface area contributed by atoms with Crippen LogP contribution in [0, 0.1) is 6.92 Å². The molecule has 0 aromatic carbocycles. The highest BCUT2D eigenvalue weighted by Gasteiger charge is 1.87. The number of aryl methyl sites for hydroxylation is 1. The minimum Gasteiger partial charge on any atom is -0.468 e. The molecular weight excluding hydrogens is 234 g/mol. The zero-order chi connectivity index (χ0) is 10.1. The maximum Gasteiger partial charge on any atom is 0.293 e. The van der Waals surface area contributed by atoms with E-state index in [0.717, 1.165) is 4.47 Å². The second-order valence-electron chi connectivity index (χ2n) is 2.18. The number of ether oxygens (including phenoxy) is 1. The van der Waals surface area contributed by atoms with Crippen molar-refractivity contribution in [2.75, 3.05) is 6.61 Å². The molecule has 0 spiro atoms. The Morgan fingerprint density at radius 2 is 2.38 bits per heavy atom. The number of carbonyl (C=O) groups is 1. The van der Waals surface area contributed by atoms with Gasteiger partial charge in [-0.3, -0.25) is 9.78 Å². The molecule has 0 aliphatic rings. The summed E-state index contributed by atoms with van der Waals surface area (Å²) in [4.78, 5) is 13.1. The SMILES string of the molecule is CCOC=O.Cc1ccncc1Br. The third kappa shape index (κ3) is 6.28. The quantitative estimate of drug-likeness (QED) is 0.752. The van der Waals surface area contributed by atoms with E-state index < -0.39 is 0 Å². The Hall–Kier alpha value is -0.900. The molecule has 0 saturated carbocycles. The van der Waals surface area contributed by atoms with Gasteiger partial charge in [-0.1, -0.05) is 0 Å². The molecular formula is C9H12BrNO2. The highest BCUT2D eigenvalue weighted by Crippen LogP contribution is 2.11. The van der Waals surface area contributed by atoms with Gasteiger partial charge in [-0.15, -0.1) is 0 Å². The van der Waals surface area contributed by atoms with Gasteiger partial charge in [0.05, 0.1) is 6.61 Å². The monoisotopic (exact) mass is 245 g/mol. The molecule has 1 rings (SSSR count). The van der Waals surface area contributed by atoms with Crippen molar-refractivity contribution in [3.8, 4) is 0 Å². The largest absolute Gasteiger partial charge is 0.468 e. The Morgan fingerprint density at radius 1 is 1.69 bits per heavy atom. The summed E-state index contributed by atoms with van der Waals surface area (Å²) in [5.41, 5.74) is 1.22. The first-order chi connectivity index (χ1) is 6.22. The van der Waals surface area contributed by atoms with Gasteiger partial charge >= 0.3 is 0 Å². The van der Waals surface area contributed by atoms with E-state index in [1.165, 1.54) is 5.56 Å². The van der Waals surface area contributed by atoms with Gasteiger partial charge in [-0.2, -0.15) is 0 Å². The molecule has 0 saturated heterocycles. The van der Waals surface area contributed by atoms with Crippen molar-refractivity contribution in [2.24, 2.45) is 0 Å². The van der Waals surface area contributed by atoms with Crippen LogP contribution in [-0.4, -0.2) is 18.1 Å². The summed E-state index contributed by atoms with van der Waals surface area (Å²) in [5, 5.41) is 0. The average molecular weight is 246 g/mol. The third-order valence-corrected chi connectivity index (χ3v) is 2.04. The lowest BCUT2D eigenvalue weighted by molar-refractivity contribution is -0.128. The number of carbonyl (C=O) groups excluding carboxylic acids is 1. The van der Waals surface area contributed by atoms with Crippen LogP contribution in [0.3, 0.4) is 0 Å². The number of hydrogen-bond acceptors (Lipinski definition) is 3. The van der Waals surface area contributed by atoms with Crippen molar-refractivity contribution in [1.29, 1.82) is 0 Å². The molecule has 0 radical (unpaired) electrons. The summed E-state index contributed by atoms with van der Waals surface area (Å²) in [6, 6.07) is 1.96. The van der Waals surface area contributed by atoms with Gasteiger partial charge in [-0.05, 0) is 41.4 Å². The summed E-state index contributed by atoms with van der Waals surface area (Å²) >= 11 is 3.33. The molecule has 0 fully saturated rings. The van der Waals surface area contributed by atoms with E-state index in [1.54, 1.807) is 19.3 Å². The number of halogens is 1. The standard InChI is InChI=1S/C6H6BrN.C3H6O2/c1-5-2-3-8-4-6(5)7;1-2-5-3-4/h2-4H,1H3;3H,2H2,1H3. The number of rotatable bonds is 2. The van der Waals surface area contributed by atoms with Crippen LogP contribution in [0.1, 0.15) is 12.5 Å². The van der Waals surface area contributed by atoms with Crippen molar-refractivity contribution in [3.05, 3.63) is 28.5 Å². The summed E-state index contributed by atoms with van der Waals surface area (Å²) in [6.45, 7) is 4.70. The Labute approximate surface area is 86.3 Å². The topological polar surface area (TPSA) is 39.2 Å². The molecule has 13 heavy (non-hydrogen) atoms. The van der Waals surface area contributed by atoms with Crippen molar-refractivity contribution < 1.29 is 9.53 Å². The first-order valence-electron chi connectivity index (χ1n) is 3.83. The van der Waals surface area contributed by atoms with E-state index in [9.17, 15) is 4.79 Å². The molecule has 0 unspecified atom stereocenters. The van der Waals surface area contributed by atoms with Crippen LogP contribution in [0.4, 0.5) is 0 Å². The number of nitrogens with zero attached hydrogens (tertiary/aromatic N) is 1. The summed E-state index contributed by atoms with van der Waals surface area (Å²) in [5.74, 6) is 0. The smallest absolute Gasteiger partial charge is 0.293 e. The molecule has 0 aliphatic heterocycles. The van der Waals surface area contributed by atoms with Crippen LogP contribution in [0.15, 0.2) is 22.9 Å². The normalized spacial score (nSPS) is 8.23. The van der Waals surface area contributed by atoms with Crippen LogP contribution in [0.25, 0.3) is 0 Å². The maximum absolute atomic E-state index is 9.18. The molecule has 0 bridgehead atoms. The van der Waals surface area contributed by atoms with E-state index in [4.69, 9.17) is 0 Å². The van der Waals surface area contributed by atoms with Gasteiger partial charge in [0.25, 0.3) is 6.47 Å². The van der Waals surface area contributed by atoms with Gasteiger partial charge in [0, 0.05) is 16.9 Å². The highest BCUT2D eigenvalue weighted by molar-refractivity contribution is 9.10. The molecule has 0 atom stereocenters.